The van der Waals surface area contributed by atoms with Crippen molar-refractivity contribution in [2.45, 2.75) is 30.9 Å². The van der Waals surface area contributed by atoms with Gasteiger partial charge in [-0.2, -0.15) is 0 Å². The van der Waals surface area contributed by atoms with E-state index in [4.69, 9.17) is 5.14 Å². The average molecular weight is 320 g/mol. The van der Waals surface area contributed by atoms with Crippen molar-refractivity contribution in [3.05, 3.63) is 41.7 Å². The summed E-state index contributed by atoms with van der Waals surface area (Å²) in [5.74, 6) is -0.0535. The number of carbonyl (C=O) groups is 1. The Kier molecular flexibility index (Phi) is 3.37. The molecule has 0 atom stereocenters. The first-order valence-electron chi connectivity index (χ1n) is 6.90. The number of Topliss-reactive ketones (excluding diaryl/α,β-unsaturated/α-hetero) is 1. The minimum atomic E-state index is -3.74. The highest BCUT2D eigenvalue weighted by Gasteiger charge is 2.50. The SMILES string of the molecule is CC(=O)c1cccc(-n2cc(C3(S(N)(=O)=O)CCC3)nn2)c1. The van der Waals surface area contributed by atoms with Gasteiger partial charge < -0.3 is 0 Å². The van der Waals surface area contributed by atoms with E-state index in [-0.39, 0.29) is 5.78 Å². The number of ketones is 1. The zero-order valence-corrected chi connectivity index (χ0v) is 12.9. The van der Waals surface area contributed by atoms with E-state index >= 15 is 0 Å². The van der Waals surface area contributed by atoms with Crippen LogP contribution in [-0.2, 0) is 14.8 Å². The summed E-state index contributed by atoms with van der Waals surface area (Å²) in [6, 6.07) is 6.91. The van der Waals surface area contributed by atoms with Gasteiger partial charge in [0.05, 0.1) is 11.9 Å². The molecule has 1 heterocycles. The molecule has 1 aromatic carbocycles. The molecule has 1 aliphatic carbocycles. The molecule has 116 valence electrons. The molecule has 1 fully saturated rings. The number of hydrogen-bond donors (Lipinski definition) is 1. The van der Waals surface area contributed by atoms with E-state index in [1.807, 2.05) is 0 Å². The Morgan fingerprint density at radius 2 is 2.09 bits per heavy atom. The smallest absolute Gasteiger partial charge is 0.220 e. The fourth-order valence-electron chi connectivity index (χ4n) is 2.65. The van der Waals surface area contributed by atoms with Crippen molar-refractivity contribution in [1.29, 1.82) is 0 Å². The molecule has 8 heteroatoms. The number of aromatic nitrogens is 3. The van der Waals surface area contributed by atoms with Gasteiger partial charge in [-0.25, -0.2) is 18.2 Å². The third kappa shape index (κ3) is 2.24. The van der Waals surface area contributed by atoms with Crippen LogP contribution in [-0.4, -0.2) is 29.2 Å². The maximum Gasteiger partial charge on any atom is 0.220 e. The average Bonchev–Trinajstić information content (AvgIpc) is 2.85. The first-order chi connectivity index (χ1) is 10.3. The Hall–Kier alpha value is -2.06. The molecule has 7 nitrogen and oxygen atoms in total. The summed E-state index contributed by atoms with van der Waals surface area (Å²) in [6.07, 6.45) is 3.28. The van der Waals surface area contributed by atoms with Crippen LogP contribution in [0, 0.1) is 0 Å². The topological polar surface area (TPSA) is 108 Å². The number of sulfonamides is 1. The molecule has 0 aliphatic heterocycles. The minimum Gasteiger partial charge on any atom is -0.295 e. The molecule has 22 heavy (non-hydrogen) atoms. The molecule has 1 aliphatic rings. The largest absolute Gasteiger partial charge is 0.295 e. The van der Waals surface area contributed by atoms with Crippen molar-refractivity contribution in [1.82, 2.24) is 15.0 Å². The Morgan fingerprint density at radius 3 is 2.64 bits per heavy atom. The lowest BCUT2D eigenvalue weighted by molar-refractivity contribution is 0.101. The molecule has 0 spiro atoms. The zero-order chi connectivity index (χ0) is 16.0. The quantitative estimate of drug-likeness (QED) is 0.850. The summed E-state index contributed by atoms with van der Waals surface area (Å²) < 4.78 is 24.1. The van der Waals surface area contributed by atoms with Gasteiger partial charge in [0.1, 0.15) is 10.4 Å². The molecular weight excluding hydrogens is 304 g/mol. The van der Waals surface area contributed by atoms with Crippen LogP contribution in [0.2, 0.25) is 0 Å². The first-order valence-corrected chi connectivity index (χ1v) is 8.45. The van der Waals surface area contributed by atoms with E-state index in [9.17, 15) is 13.2 Å². The van der Waals surface area contributed by atoms with Crippen LogP contribution in [0.5, 0.6) is 0 Å². The lowest BCUT2D eigenvalue weighted by atomic mass is 9.82. The molecule has 0 radical (unpaired) electrons. The second-order valence-corrected chi connectivity index (χ2v) is 7.42. The van der Waals surface area contributed by atoms with Crippen molar-refractivity contribution in [2.24, 2.45) is 5.14 Å². The number of rotatable bonds is 4. The standard InChI is InChI=1S/C14H16N4O3S/c1-10(19)11-4-2-5-12(8-11)18-9-13(16-17-18)14(6-3-7-14)22(15,20)21/h2,4-5,8-9H,3,6-7H2,1H3,(H2,15,20,21). The van der Waals surface area contributed by atoms with Gasteiger partial charge in [0.25, 0.3) is 0 Å². The van der Waals surface area contributed by atoms with Gasteiger partial charge in [-0.05, 0) is 38.3 Å². The second kappa shape index (κ2) is 4.99. The summed E-state index contributed by atoms with van der Waals surface area (Å²) in [4.78, 5) is 11.4. The zero-order valence-electron chi connectivity index (χ0n) is 12.1. The predicted molar refractivity (Wildman–Crippen MR) is 80.0 cm³/mol. The summed E-state index contributed by atoms with van der Waals surface area (Å²) in [5.41, 5.74) is 1.56. The Labute approximate surface area is 128 Å². The summed E-state index contributed by atoms with van der Waals surface area (Å²) in [5, 5.41) is 13.4. The number of nitrogens with zero attached hydrogens (tertiary/aromatic N) is 3. The predicted octanol–water partition coefficient (Wildman–Crippen LogP) is 1.14. The number of primary sulfonamides is 1. The fourth-order valence-corrected chi connectivity index (χ4v) is 3.89. The van der Waals surface area contributed by atoms with Gasteiger partial charge in [0.2, 0.25) is 10.0 Å². The van der Waals surface area contributed by atoms with Crippen LogP contribution in [0.25, 0.3) is 5.69 Å². The molecule has 3 rings (SSSR count). The van der Waals surface area contributed by atoms with Gasteiger partial charge in [0.15, 0.2) is 5.78 Å². The van der Waals surface area contributed by atoms with Crippen molar-refractivity contribution in [3.63, 3.8) is 0 Å². The van der Waals surface area contributed by atoms with Crippen LogP contribution in [0.15, 0.2) is 30.5 Å². The van der Waals surface area contributed by atoms with E-state index in [2.05, 4.69) is 10.3 Å². The summed E-state index contributed by atoms with van der Waals surface area (Å²) in [7, 11) is -3.74. The van der Waals surface area contributed by atoms with E-state index < -0.39 is 14.8 Å². The molecule has 0 bridgehead atoms. The molecule has 2 aromatic rings. The lowest BCUT2D eigenvalue weighted by Crippen LogP contribution is -2.46. The second-order valence-electron chi connectivity index (χ2n) is 5.55. The van der Waals surface area contributed by atoms with Crippen molar-refractivity contribution in [2.75, 3.05) is 0 Å². The van der Waals surface area contributed by atoms with Crippen LogP contribution in [0.1, 0.15) is 42.2 Å². The third-order valence-corrected chi connectivity index (χ3v) is 5.89. The summed E-state index contributed by atoms with van der Waals surface area (Å²) >= 11 is 0. The van der Waals surface area contributed by atoms with Crippen LogP contribution in [0.4, 0.5) is 0 Å². The van der Waals surface area contributed by atoms with Crippen molar-refractivity contribution in [3.8, 4) is 5.69 Å². The number of benzene rings is 1. The van der Waals surface area contributed by atoms with Crippen LogP contribution < -0.4 is 5.14 Å². The maximum absolute atomic E-state index is 11.9. The molecule has 0 amide bonds. The minimum absolute atomic E-state index is 0.0535. The Bertz CT molecular complexity index is 837. The van der Waals surface area contributed by atoms with Gasteiger partial charge in [-0.1, -0.05) is 17.3 Å². The lowest BCUT2D eigenvalue weighted by Gasteiger charge is -2.37. The van der Waals surface area contributed by atoms with Gasteiger partial charge >= 0.3 is 0 Å². The number of carbonyl (C=O) groups excluding carboxylic acids is 1. The molecule has 2 N–H and O–H groups in total. The summed E-state index contributed by atoms with van der Waals surface area (Å²) in [6.45, 7) is 1.48. The Balaban J connectivity index is 2.01. The monoisotopic (exact) mass is 320 g/mol. The van der Waals surface area contributed by atoms with Crippen LogP contribution in [0.3, 0.4) is 0 Å². The normalized spacial score (nSPS) is 17.0. The molecular formula is C14H16N4O3S. The highest BCUT2D eigenvalue weighted by molar-refractivity contribution is 7.90. The van der Waals surface area contributed by atoms with Gasteiger partial charge in [0, 0.05) is 5.56 Å². The van der Waals surface area contributed by atoms with Crippen molar-refractivity contribution >= 4 is 15.8 Å². The first kappa shape index (κ1) is 14.9. The maximum atomic E-state index is 11.9. The van der Waals surface area contributed by atoms with E-state index in [1.165, 1.54) is 11.6 Å². The van der Waals surface area contributed by atoms with E-state index in [0.29, 0.717) is 29.8 Å². The van der Waals surface area contributed by atoms with Gasteiger partial charge in [-0.15, -0.1) is 5.10 Å². The van der Waals surface area contributed by atoms with Gasteiger partial charge in [-0.3, -0.25) is 4.79 Å². The fraction of sp³-hybridized carbons (Fsp3) is 0.357. The number of nitrogens with two attached hydrogens (primary N) is 1. The molecule has 1 saturated carbocycles. The third-order valence-electron chi connectivity index (χ3n) is 4.18. The molecule has 1 aromatic heterocycles. The van der Waals surface area contributed by atoms with E-state index in [1.54, 1.807) is 30.5 Å². The van der Waals surface area contributed by atoms with Crippen molar-refractivity contribution < 1.29 is 13.2 Å². The van der Waals surface area contributed by atoms with E-state index in [0.717, 1.165) is 6.42 Å². The number of hydrogen-bond acceptors (Lipinski definition) is 5. The molecule has 0 saturated heterocycles. The Morgan fingerprint density at radius 1 is 1.36 bits per heavy atom. The highest BCUT2D eigenvalue weighted by atomic mass is 32.2. The highest BCUT2D eigenvalue weighted by Crippen LogP contribution is 2.46. The van der Waals surface area contributed by atoms with Crippen LogP contribution >= 0.6 is 0 Å². The molecule has 0 unspecified atom stereocenters.